The molecule has 3 heteroatoms. The van der Waals surface area contributed by atoms with E-state index in [1.54, 1.807) is 0 Å². The third-order valence-electron chi connectivity index (χ3n) is 5.11. The van der Waals surface area contributed by atoms with Gasteiger partial charge >= 0.3 is 0 Å². The van der Waals surface area contributed by atoms with Gasteiger partial charge in [0.1, 0.15) is 0 Å². The van der Waals surface area contributed by atoms with Crippen molar-refractivity contribution in [1.82, 2.24) is 4.57 Å². The highest BCUT2D eigenvalue weighted by atomic mass is 35.5. The average molecular weight is 371 g/mol. The third kappa shape index (κ3) is 2.83. The number of nitrogens with one attached hydrogen (secondary N) is 1. The van der Waals surface area contributed by atoms with Crippen LogP contribution < -0.4 is 5.32 Å². The van der Waals surface area contributed by atoms with E-state index in [1.165, 1.54) is 21.8 Å². The maximum atomic E-state index is 6.37. The minimum atomic E-state index is -0.0352. The monoisotopic (exact) mass is 370 g/mol. The molecule has 2 nitrogen and oxygen atoms in total. The van der Waals surface area contributed by atoms with Crippen LogP contribution in [0.3, 0.4) is 0 Å². The summed E-state index contributed by atoms with van der Waals surface area (Å²) in [4.78, 5) is 0. The van der Waals surface area contributed by atoms with Gasteiger partial charge in [-0.2, -0.15) is 0 Å². The van der Waals surface area contributed by atoms with Crippen LogP contribution in [-0.2, 0) is 0 Å². The molecule has 4 aromatic rings. The number of anilines is 1. The van der Waals surface area contributed by atoms with E-state index in [0.717, 1.165) is 11.4 Å². The minimum Gasteiger partial charge on any atom is -0.377 e. The molecule has 5 rings (SSSR count). The maximum Gasteiger partial charge on any atom is 0.0756 e. The van der Waals surface area contributed by atoms with Gasteiger partial charge in [0.25, 0.3) is 0 Å². The SMILES string of the molecule is ClC1C=CC=CC1Nc1ccc(-n2c3ccccc3c3ccccc32)cc1. The van der Waals surface area contributed by atoms with Crippen LogP contribution in [-0.4, -0.2) is 16.0 Å². The first-order valence-electron chi connectivity index (χ1n) is 9.15. The van der Waals surface area contributed by atoms with Gasteiger partial charge in [0.15, 0.2) is 0 Å². The molecular weight excluding hydrogens is 352 g/mol. The standard InChI is InChI=1S/C24H19ClN2/c25-21-9-3-4-10-22(21)26-17-13-15-18(16-14-17)27-23-11-5-1-7-19(23)20-8-2-6-12-24(20)27/h1-16,21-22,26H. The quantitative estimate of drug-likeness (QED) is 0.419. The maximum absolute atomic E-state index is 6.37. The normalized spacial score (nSPS) is 19.0. The Labute approximate surface area is 163 Å². The zero-order valence-corrected chi connectivity index (χ0v) is 15.5. The summed E-state index contributed by atoms with van der Waals surface area (Å²) in [6.07, 6.45) is 8.12. The number of benzene rings is 3. The Morgan fingerprint density at radius 3 is 1.93 bits per heavy atom. The van der Waals surface area contributed by atoms with Crippen LogP contribution in [0.25, 0.3) is 27.5 Å². The fraction of sp³-hybridized carbons (Fsp3) is 0.0833. The zero-order chi connectivity index (χ0) is 18.2. The topological polar surface area (TPSA) is 17.0 Å². The van der Waals surface area contributed by atoms with Gasteiger partial charge in [0.05, 0.1) is 22.5 Å². The Bertz CT molecular complexity index is 1110. The predicted molar refractivity (Wildman–Crippen MR) is 116 cm³/mol. The number of aromatic nitrogens is 1. The van der Waals surface area contributed by atoms with Crippen molar-refractivity contribution in [1.29, 1.82) is 0 Å². The Morgan fingerprint density at radius 2 is 1.30 bits per heavy atom. The lowest BCUT2D eigenvalue weighted by molar-refractivity contribution is 0.890. The van der Waals surface area contributed by atoms with Gasteiger partial charge in [-0.15, -0.1) is 11.6 Å². The summed E-state index contributed by atoms with van der Waals surface area (Å²) < 4.78 is 2.32. The van der Waals surface area contributed by atoms with Crippen molar-refractivity contribution in [3.05, 3.63) is 97.1 Å². The highest BCUT2D eigenvalue weighted by Gasteiger charge is 2.16. The smallest absolute Gasteiger partial charge is 0.0756 e. The van der Waals surface area contributed by atoms with Crippen molar-refractivity contribution in [2.75, 3.05) is 5.32 Å². The lowest BCUT2D eigenvalue weighted by Gasteiger charge is -2.21. The van der Waals surface area contributed by atoms with Crippen molar-refractivity contribution in [2.45, 2.75) is 11.4 Å². The first-order chi connectivity index (χ1) is 13.3. The molecule has 1 heterocycles. The van der Waals surface area contributed by atoms with Crippen LogP contribution in [0, 0.1) is 0 Å². The van der Waals surface area contributed by atoms with Crippen LogP contribution in [0.15, 0.2) is 97.1 Å². The van der Waals surface area contributed by atoms with E-state index in [-0.39, 0.29) is 11.4 Å². The van der Waals surface area contributed by atoms with E-state index in [0.29, 0.717) is 0 Å². The number of allylic oxidation sites excluding steroid dienone is 2. The number of nitrogens with zero attached hydrogens (tertiary/aromatic N) is 1. The highest BCUT2D eigenvalue weighted by molar-refractivity contribution is 6.22. The summed E-state index contributed by atoms with van der Waals surface area (Å²) in [5.41, 5.74) is 4.66. The Hall–Kier alpha value is -2.97. The molecule has 132 valence electrons. The van der Waals surface area contributed by atoms with E-state index in [2.05, 4.69) is 88.8 Å². The molecule has 0 saturated carbocycles. The zero-order valence-electron chi connectivity index (χ0n) is 14.7. The molecule has 0 amide bonds. The highest BCUT2D eigenvalue weighted by Crippen LogP contribution is 2.32. The van der Waals surface area contributed by atoms with E-state index < -0.39 is 0 Å². The second kappa shape index (κ2) is 6.64. The Balaban J connectivity index is 1.55. The number of rotatable bonds is 3. The van der Waals surface area contributed by atoms with Crippen LogP contribution in [0.5, 0.6) is 0 Å². The number of fused-ring (bicyclic) bond motifs is 3. The van der Waals surface area contributed by atoms with Crippen molar-refractivity contribution in [3.63, 3.8) is 0 Å². The van der Waals surface area contributed by atoms with Crippen molar-refractivity contribution in [3.8, 4) is 5.69 Å². The molecule has 3 aromatic carbocycles. The lowest BCUT2D eigenvalue weighted by Crippen LogP contribution is -2.27. The van der Waals surface area contributed by atoms with E-state index in [9.17, 15) is 0 Å². The van der Waals surface area contributed by atoms with Gasteiger partial charge < -0.3 is 9.88 Å². The number of halogens is 1. The van der Waals surface area contributed by atoms with E-state index in [1.807, 2.05) is 18.2 Å². The molecule has 1 aromatic heterocycles. The van der Waals surface area contributed by atoms with Gasteiger partial charge in [-0.3, -0.25) is 0 Å². The number of hydrogen-bond donors (Lipinski definition) is 1. The van der Waals surface area contributed by atoms with Gasteiger partial charge in [-0.05, 0) is 36.4 Å². The molecule has 0 aliphatic heterocycles. The van der Waals surface area contributed by atoms with E-state index >= 15 is 0 Å². The van der Waals surface area contributed by atoms with Gasteiger partial charge in [-0.1, -0.05) is 60.7 Å². The number of hydrogen-bond acceptors (Lipinski definition) is 1. The summed E-state index contributed by atoms with van der Waals surface area (Å²) in [5.74, 6) is 0. The van der Waals surface area contributed by atoms with Crippen molar-refractivity contribution in [2.24, 2.45) is 0 Å². The molecular formula is C24H19ClN2. The summed E-state index contributed by atoms with van der Waals surface area (Å²) in [6, 6.07) is 25.8. The first kappa shape index (κ1) is 16.2. The molecule has 0 bridgehead atoms. The molecule has 0 fully saturated rings. The summed E-state index contributed by atoms with van der Waals surface area (Å²) >= 11 is 6.37. The molecule has 0 radical (unpaired) electrons. The lowest BCUT2D eigenvalue weighted by atomic mass is 10.1. The molecule has 27 heavy (non-hydrogen) atoms. The molecule has 1 N–H and O–H groups in total. The summed E-state index contributed by atoms with van der Waals surface area (Å²) in [6.45, 7) is 0. The largest absolute Gasteiger partial charge is 0.377 e. The summed E-state index contributed by atoms with van der Waals surface area (Å²) in [7, 11) is 0. The van der Waals surface area contributed by atoms with Crippen molar-refractivity contribution >= 4 is 39.1 Å². The van der Waals surface area contributed by atoms with Crippen molar-refractivity contribution < 1.29 is 0 Å². The Morgan fingerprint density at radius 1 is 0.704 bits per heavy atom. The van der Waals surface area contributed by atoms with Crippen LogP contribution in [0.4, 0.5) is 5.69 Å². The second-order valence-corrected chi connectivity index (χ2v) is 7.30. The summed E-state index contributed by atoms with van der Waals surface area (Å²) in [5, 5.41) is 6.02. The van der Waals surface area contributed by atoms with Gasteiger partial charge in [0, 0.05) is 22.1 Å². The van der Waals surface area contributed by atoms with E-state index in [4.69, 9.17) is 11.6 Å². The number of alkyl halides is 1. The molecule has 2 atom stereocenters. The van der Waals surface area contributed by atoms with Crippen LogP contribution in [0.1, 0.15) is 0 Å². The first-order valence-corrected chi connectivity index (χ1v) is 9.59. The number of para-hydroxylation sites is 2. The minimum absolute atomic E-state index is 0.0352. The molecule has 0 saturated heterocycles. The Kier molecular flexibility index (Phi) is 3.99. The van der Waals surface area contributed by atoms with Gasteiger partial charge in [-0.25, -0.2) is 0 Å². The van der Waals surface area contributed by atoms with Crippen LogP contribution in [0.2, 0.25) is 0 Å². The molecule has 1 aliphatic rings. The van der Waals surface area contributed by atoms with Crippen LogP contribution >= 0.6 is 11.6 Å². The molecule has 0 spiro atoms. The molecule has 1 aliphatic carbocycles. The average Bonchev–Trinajstić information content (AvgIpc) is 3.05. The molecule has 2 unspecified atom stereocenters. The second-order valence-electron chi connectivity index (χ2n) is 6.80. The van der Waals surface area contributed by atoms with Gasteiger partial charge in [0.2, 0.25) is 0 Å². The third-order valence-corrected chi connectivity index (χ3v) is 5.52. The predicted octanol–water partition coefficient (Wildman–Crippen LogP) is 6.30. The fourth-order valence-corrected chi connectivity index (χ4v) is 4.04. The fourth-order valence-electron chi connectivity index (χ4n) is 3.81.